The van der Waals surface area contributed by atoms with Gasteiger partial charge in [-0.1, -0.05) is 15.9 Å². The summed E-state index contributed by atoms with van der Waals surface area (Å²) < 4.78 is 8.43. The molecule has 108 valence electrons. The average molecular weight is 358 g/mol. The molecule has 0 spiro atoms. The molecular weight excluding hydrogens is 342 g/mol. The number of carbonyl (C=O) groups excluding carboxylic acids is 1. The van der Waals surface area contributed by atoms with Crippen molar-refractivity contribution in [1.29, 1.82) is 0 Å². The molecule has 0 bridgehead atoms. The Morgan fingerprint density at radius 2 is 2.35 bits per heavy atom. The van der Waals surface area contributed by atoms with Crippen LogP contribution in [0.2, 0.25) is 0 Å². The molecule has 2 rings (SSSR count). The average Bonchev–Trinajstić information content (AvgIpc) is 2.72. The molecule has 2 aromatic rings. The van der Waals surface area contributed by atoms with Gasteiger partial charge in [0, 0.05) is 31.1 Å². The SMILES string of the molecule is COCCNC(=O)CCn1c(=S)[nH]c2ccc(Br)cc21. The Balaban J connectivity index is 2.06. The second-order valence-corrected chi connectivity index (χ2v) is 5.64. The van der Waals surface area contributed by atoms with Crippen molar-refractivity contribution in [2.45, 2.75) is 13.0 Å². The largest absolute Gasteiger partial charge is 0.383 e. The number of H-pyrrole nitrogens is 1. The van der Waals surface area contributed by atoms with Gasteiger partial charge in [-0.25, -0.2) is 0 Å². The van der Waals surface area contributed by atoms with Gasteiger partial charge in [-0.3, -0.25) is 4.79 Å². The van der Waals surface area contributed by atoms with Crippen LogP contribution in [0.1, 0.15) is 6.42 Å². The van der Waals surface area contributed by atoms with Crippen molar-refractivity contribution in [3.05, 3.63) is 27.4 Å². The van der Waals surface area contributed by atoms with Gasteiger partial charge in [-0.05, 0) is 30.4 Å². The molecule has 0 saturated carbocycles. The van der Waals surface area contributed by atoms with Crippen LogP contribution >= 0.6 is 28.1 Å². The Morgan fingerprint density at radius 1 is 1.55 bits per heavy atom. The summed E-state index contributed by atoms with van der Waals surface area (Å²) in [6.45, 7) is 1.60. The number of ether oxygens (including phenoxy) is 1. The van der Waals surface area contributed by atoms with Gasteiger partial charge in [-0.15, -0.1) is 0 Å². The van der Waals surface area contributed by atoms with Crippen molar-refractivity contribution >= 4 is 45.1 Å². The highest BCUT2D eigenvalue weighted by atomic mass is 79.9. The van der Waals surface area contributed by atoms with Gasteiger partial charge in [0.1, 0.15) is 0 Å². The van der Waals surface area contributed by atoms with Gasteiger partial charge in [-0.2, -0.15) is 0 Å². The number of aryl methyl sites for hydroxylation is 1. The van der Waals surface area contributed by atoms with E-state index in [0.717, 1.165) is 15.5 Å². The quantitative estimate of drug-likeness (QED) is 0.617. The number of nitrogens with zero attached hydrogens (tertiary/aromatic N) is 1. The molecule has 7 heteroatoms. The molecule has 0 radical (unpaired) electrons. The number of nitrogens with one attached hydrogen (secondary N) is 2. The number of benzene rings is 1. The number of hydrogen-bond donors (Lipinski definition) is 2. The maximum Gasteiger partial charge on any atom is 0.221 e. The molecular formula is C13H16BrN3O2S. The number of carbonyl (C=O) groups is 1. The fourth-order valence-electron chi connectivity index (χ4n) is 1.94. The highest BCUT2D eigenvalue weighted by Gasteiger charge is 2.07. The van der Waals surface area contributed by atoms with E-state index in [2.05, 4.69) is 26.2 Å². The molecule has 0 saturated heterocycles. The van der Waals surface area contributed by atoms with E-state index in [-0.39, 0.29) is 5.91 Å². The zero-order valence-corrected chi connectivity index (χ0v) is 13.5. The first kappa shape index (κ1) is 15.2. The van der Waals surface area contributed by atoms with Gasteiger partial charge in [0.2, 0.25) is 5.91 Å². The monoisotopic (exact) mass is 357 g/mol. The molecule has 1 aromatic carbocycles. The van der Waals surface area contributed by atoms with Crippen molar-refractivity contribution in [1.82, 2.24) is 14.9 Å². The lowest BCUT2D eigenvalue weighted by atomic mass is 10.3. The van der Waals surface area contributed by atoms with Gasteiger partial charge < -0.3 is 19.6 Å². The van der Waals surface area contributed by atoms with E-state index >= 15 is 0 Å². The third-order valence-electron chi connectivity index (χ3n) is 2.93. The lowest BCUT2D eigenvalue weighted by molar-refractivity contribution is -0.121. The standard InChI is InChI=1S/C13H16BrN3O2S/c1-19-7-5-15-12(18)4-6-17-11-8-9(14)2-3-10(11)16-13(17)20/h2-3,8H,4-7H2,1H3,(H,15,18)(H,16,20). The maximum atomic E-state index is 11.7. The summed E-state index contributed by atoms with van der Waals surface area (Å²) in [5.74, 6) is -0.00621. The highest BCUT2D eigenvalue weighted by molar-refractivity contribution is 9.10. The summed E-state index contributed by atoms with van der Waals surface area (Å²) in [5, 5.41) is 2.79. The molecule has 0 aliphatic heterocycles. The molecule has 1 heterocycles. The minimum Gasteiger partial charge on any atom is -0.383 e. The molecule has 0 unspecified atom stereocenters. The summed E-state index contributed by atoms with van der Waals surface area (Å²) >= 11 is 8.74. The molecule has 0 aliphatic rings. The van der Waals surface area contributed by atoms with E-state index in [0.29, 0.717) is 30.9 Å². The van der Waals surface area contributed by atoms with Crippen molar-refractivity contribution in [3.8, 4) is 0 Å². The van der Waals surface area contributed by atoms with Crippen molar-refractivity contribution < 1.29 is 9.53 Å². The predicted molar refractivity (Wildman–Crippen MR) is 84.3 cm³/mol. The topological polar surface area (TPSA) is 59.0 Å². The van der Waals surface area contributed by atoms with Gasteiger partial charge >= 0.3 is 0 Å². The lowest BCUT2D eigenvalue weighted by Gasteiger charge is -2.06. The van der Waals surface area contributed by atoms with Gasteiger partial charge in [0.15, 0.2) is 4.77 Å². The van der Waals surface area contributed by atoms with Crippen LogP contribution in [0.3, 0.4) is 0 Å². The van der Waals surface area contributed by atoms with Crippen LogP contribution in [0, 0.1) is 4.77 Å². The number of aromatic amines is 1. The Kier molecular flexibility index (Phi) is 5.33. The first-order valence-corrected chi connectivity index (χ1v) is 7.45. The molecule has 0 aliphatic carbocycles. The van der Waals surface area contributed by atoms with E-state index in [1.165, 1.54) is 0 Å². The number of imidazole rings is 1. The number of methoxy groups -OCH3 is 1. The van der Waals surface area contributed by atoms with Crippen molar-refractivity contribution in [2.75, 3.05) is 20.3 Å². The Labute approximate surface area is 130 Å². The van der Waals surface area contributed by atoms with Crippen LogP contribution in [0.4, 0.5) is 0 Å². The normalized spacial score (nSPS) is 10.9. The van der Waals surface area contributed by atoms with E-state index < -0.39 is 0 Å². The second kappa shape index (κ2) is 7.01. The van der Waals surface area contributed by atoms with Crippen LogP contribution in [0.15, 0.2) is 22.7 Å². The number of aromatic nitrogens is 2. The van der Waals surface area contributed by atoms with E-state index in [1.807, 2.05) is 22.8 Å². The van der Waals surface area contributed by atoms with Gasteiger partial charge in [0.05, 0.1) is 17.6 Å². The third-order valence-corrected chi connectivity index (χ3v) is 3.74. The molecule has 20 heavy (non-hydrogen) atoms. The summed E-state index contributed by atoms with van der Waals surface area (Å²) in [5.41, 5.74) is 1.96. The van der Waals surface area contributed by atoms with E-state index in [1.54, 1.807) is 7.11 Å². The minimum absolute atomic E-state index is 0.00621. The second-order valence-electron chi connectivity index (χ2n) is 4.34. The van der Waals surface area contributed by atoms with Gasteiger partial charge in [0.25, 0.3) is 0 Å². The number of fused-ring (bicyclic) bond motifs is 1. The molecule has 0 fully saturated rings. The third kappa shape index (κ3) is 3.68. The Hall–Kier alpha value is -1.18. The van der Waals surface area contributed by atoms with Crippen LogP contribution in [0.25, 0.3) is 11.0 Å². The fourth-order valence-corrected chi connectivity index (χ4v) is 2.59. The lowest BCUT2D eigenvalue weighted by Crippen LogP contribution is -2.27. The Bertz CT molecular complexity index is 665. The predicted octanol–water partition coefficient (Wildman–Crippen LogP) is 2.61. The molecule has 5 nitrogen and oxygen atoms in total. The van der Waals surface area contributed by atoms with Crippen LogP contribution in [0.5, 0.6) is 0 Å². The van der Waals surface area contributed by atoms with Crippen LogP contribution < -0.4 is 5.32 Å². The summed E-state index contributed by atoms with van der Waals surface area (Å²) in [7, 11) is 1.61. The van der Waals surface area contributed by atoms with Crippen LogP contribution in [-0.2, 0) is 16.1 Å². The number of halogens is 1. The highest BCUT2D eigenvalue weighted by Crippen LogP contribution is 2.19. The zero-order valence-electron chi connectivity index (χ0n) is 11.1. The van der Waals surface area contributed by atoms with Crippen molar-refractivity contribution in [2.24, 2.45) is 0 Å². The molecule has 0 atom stereocenters. The van der Waals surface area contributed by atoms with Crippen LogP contribution in [-0.4, -0.2) is 35.7 Å². The zero-order chi connectivity index (χ0) is 14.5. The summed E-state index contributed by atoms with van der Waals surface area (Å²) in [6.07, 6.45) is 0.386. The number of hydrogen-bond acceptors (Lipinski definition) is 3. The Morgan fingerprint density at radius 3 is 3.10 bits per heavy atom. The fraction of sp³-hybridized carbons (Fsp3) is 0.385. The smallest absolute Gasteiger partial charge is 0.221 e. The molecule has 2 N–H and O–H groups in total. The van der Waals surface area contributed by atoms with E-state index in [4.69, 9.17) is 17.0 Å². The molecule has 1 amide bonds. The number of rotatable bonds is 6. The van der Waals surface area contributed by atoms with Crippen molar-refractivity contribution in [3.63, 3.8) is 0 Å². The maximum absolute atomic E-state index is 11.7. The number of amides is 1. The summed E-state index contributed by atoms with van der Waals surface area (Å²) in [4.78, 5) is 14.8. The first-order chi connectivity index (χ1) is 9.61. The minimum atomic E-state index is -0.00621. The summed E-state index contributed by atoms with van der Waals surface area (Å²) in [6, 6.07) is 5.91. The van der Waals surface area contributed by atoms with E-state index in [9.17, 15) is 4.79 Å². The molecule has 1 aromatic heterocycles. The first-order valence-electron chi connectivity index (χ1n) is 6.25.